The van der Waals surface area contributed by atoms with E-state index >= 15 is 0 Å². The van der Waals surface area contributed by atoms with Crippen LogP contribution in [0.1, 0.15) is 11.1 Å². The van der Waals surface area contributed by atoms with Gasteiger partial charge in [0.15, 0.2) is 0 Å². The smallest absolute Gasteiger partial charge is 0.326 e. The van der Waals surface area contributed by atoms with Gasteiger partial charge in [0, 0.05) is 37.6 Å². The number of rotatable bonds is 1. The first-order chi connectivity index (χ1) is 10.2. The summed E-state index contributed by atoms with van der Waals surface area (Å²) in [7, 11) is 0. The Bertz CT molecular complexity index is 558. The van der Waals surface area contributed by atoms with Crippen molar-refractivity contribution in [1.29, 1.82) is 0 Å². The maximum absolute atomic E-state index is 12.7. The van der Waals surface area contributed by atoms with Crippen LogP contribution in [0, 0.1) is 0 Å². The summed E-state index contributed by atoms with van der Waals surface area (Å²) < 4.78 is 0. The van der Waals surface area contributed by atoms with Gasteiger partial charge in [-0.15, -0.1) is 0 Å². The van der Waals surface area contributed by atoms with E-state index in [1.54, 1.807) is 4.90 Å². The van der Waals surface area contributed by atoms with E-state index < -0.39 is 12.0 Å². The summed E-state index contributed by atoms with van der Waals surface area (Å²) in [6.07, 6.45) is 0.389. The highest BCUT2D eigenvalue weighted by Gasteiger charge is 2.36. The standard InChI is InChI=1S/C15H18N2O3S/c18-14(19)13-9-11-3-1-2-4-12(11)10-17(13)15(20)16-5-7-21-8-6-16/h1-4,13H,5-10H2,(H,18,19)/t13-/m0/s1. The second-order valence-corrected chi connectivity index (χ2v) is 6.56. The van der Waals surface area contributed by atoms with Gasteiger partial charge < -0.3 is 14.9 Å². The van der Waals surface area contributed by atoms with Crippen molar-refractivity contribution in [3.63, 3.8) is 0 Å². The maximum atomic E-state index is 12.7. The molecule has 1 aromatic rings. The number of carboxylic acid groups (broad SMARTS) is 1. The van der Waals surface area contributed by atoms with Gasteiger partial charge in [0.2, 0.25) is 0 Å². The first-order valence-electron chi connectivity index (χ1n) is 7.09. The van der Waals surface area contributed by atoms with Gasteiger partial charge in [-0.05, 0) is 11.1 Å². The number of aliphatic carboxylic acids is 1. The largest absolute Gasteiger partial charge is 0.480 e. The van der Waals surface area contributed by atoms with Gasteiger partial charge in [-0.1, -0.05) is 24.3 Å². The molecule has 0 saturated carbocycles. The van der Waals surface area contributed by atoms with Gasteiger partial charge >= 0.3 is 12.0 Å². The molecule has 2 heterocycles. The molecule has 6 heteroatoms. The summed E-state index contributed by atoms with van der Waals surface area (Å²) in [4.78, 5) is 27.5. The molecule has 21 heavy (non-hydrogen) atoms. The average Bonchev–Trinajstić information content (AvgIpc) is 2.53. The molecule has 0 aliphatic carbocycles. The molecule has 1 fully saturated rings. The second kappa shape index (κ2) is 5.97. The molecule has 1 atom stereocenters. The summed E-state index contributed by atoms with van der Waals surface area (Å²) in [6.45, 7) is 1.79. The molecular formula is C15H18N2O3S. The molecule has 0 unspecified atom stereocenters. The van der Waals surface area contributed by atoms with Gasteiger partial charge in [-0.25, -0.2) is 9.59 Å². The minimum absolute atomic E-state index is 0.141. The van der Waals surface area contributed by atoms with E-state index in [1.165, 1.54) is 4.90 Å². The van der Waals surface area contributed by atoms with Gasteiger partial charge in [-0.3, -0.25) is 0 Å². The topological polar surface area (TPSA) is 60.9 Å². The van der Waals surface area contributed by atoms with Crippen molar-refractivity contribution >= 4 is 23.8 Å². The van der Waals surface area contributed by atoms with Crippen LogP contribution in [0.3, 0.4) is 0 Å². The van der Waals surface area contributed by atoms with Crippen molar-refractivity contribution in [1.82, 2.24) is 9.80 Å². The zero-order valence-corrected chi connectivity index (χ0v) is 12.5. The number of nitrogens with zero attached hydrogens (tertiary/aromatic N) is 2. The Morgan fingerprint density at radius 1 is 1.14 bits per heavy atom. The van der Waals surface area contributed by atoms with Gasteiger partial charge in [0.25, 0.3) is 0 Å². The summed E-state index contributed by atoms with van der Waals surface area (Å²) in [5.74, 6) is 0.922. The maximum Gasteiger partial charge on any atom is 0.326 e. The molecule has 0 spiro atoms. The number of fused-ring (bicyclic) bond motifs is 1. The van der Waals surface area contributed by atoms with Crippen LogP contribution in [-0.2, 0) is 17.8 Å². The third-order valence-corrected chi connectivity index (χ3v) is 5.00. The lowest BCUT2D eigenvalue weighted by Crippen LogP contribution is -2.54. The average molecular weight is 306 g/mol. The summed E-state index contributed by atoms with van der Waals surface area (Å²) in [5, 5.41) is 9.46. The molecule has 5 nitrogen and oxygen atoms in total. The van der Waals surface area contributed by atoms with Crippen LogP contribution in [0.4, 0.5) is 4.79 Å². The lowest BCUT2D eigenvalue weighted by molar-refractivity contribution is -0.142. The molecule has 1 aromatic carbocycles. The van der Waals surface area contributed by atoms with E-state index in [2.05, 4.69) is 0 Å². The van der Waals surface area contributed by atoms with Crippen LogP contribution in [0.25, 0.3) is 0 Å². The summed E-state index contributed by atoms with van der Waals surface area (Å²) in [6, 6.07) is 6.86. The number of thioether (sulfide) groups is 1. The molecule has 0 aromatic heterocycles. The molecule has 0 bridgehead atoms. The molecule has 2 aliphatic heterocycles. The van der Waals surface area contributed by atoms with Crippen LogP contribution in [0.2, 0.25) is 0 Å². The Hall–Kier alpha value is -1.69. The van der Waals surface area contributed by atoms with Crippen LogP contribution >= 0.6 is 11.8 Å². The number of urea groups is 1. The zero-order chi connectivity index (χ0) is 14.8. The van der Waals surface area contributed by atoms with Crippen LogP contribution < -0.4 is 0 Å². The minimum atomic E-state index is -0.927. The molecule has 2 amide bonds. The molecular weight excluding hydrogens is 288 g/mol. The number of carbonyl (C=O) groups is 2. The minimum Gasteiger partial charge on any atom is -0.480 e. The van der Waals surface area contributed by atoms with E-state index in [-0.39, 0.29) is 6.03 Å². The van der Waals surface area contributed by atoms with Crippen molar-refractivity contribution in [2.75, 3.05) is 24.6 Å². The first-order valence-corrected chi connectivity index (χ1v) is 8.25. The molecule has 3 rings (SSSR count). The summed E-state index contributed by atoms with van der Waals surface area (Å²) >= 11 is 1.83. The highest BCUT2D eigenvalue weighted by Crippen LogP contribution is 2.25. The van der Waals surface area contributed by atoms with Gasteiger partial charge in [0.1, 0.15) is 6.04 Å². The Balaban J connectivity index is 1.85. The molecule has 1 saturated heterocycles. The third kappa shape index (κ3) is 2.85. The Kier molecular flexibility index (Phi) is 4.05. The van der Waals surface area contributed by atoms with Crippen LogP contribution in [0.5, 0.6) is 0 Å². The van der Waals surface area contributed by atoms with Crippen molar-refractivity contribution in [3.8, 4) is 0 Å². The van der Waals surface area contributed by atoms with Gasteiger partial charge in [-0.2, -0.15) is 11.8 Å². The van der Waals surface area contributed by atoms with Crippen molar-refractivity contribution in [3.05, 3.63) is 35.4 Å². The lowest BCUT2D eigenvalue weighted by atomic mass is 9.94. The molecule has 112 valence electrons. The first kappa shape index (κ1) is 14.3. The Morgan fingerprint density at radius 3 is 2.48 bits per heavy atom. The number of hydrogen-bond donors (Lipinski definition) is 1. The number of amides is 2. The molecule has 0 radical (unpaired) electrons. The zero-order valence-electron chi connectivity index (χ0n) is 11.7. The number of benzene rings is 1. The van der Waals surface area contributed by atoms with Crippen LogP contribution in [-0.4, -0.2) is 57.5 Å². The van der Waals surface area contributed by atoms with E-state index in [1.807, 2.05) is 36.0 Å². The van der Waals surface area contributed by atoms with Gasteiger partial charge in [0.05, 0.1) is 0 Å². The SMILES string of the molecule is O=C(O)[C@@H]1Cc2ccccc2CN1C(=O)N1CCSCC1. The number of carboxylic acids is 1. The highest BCUT2D eigenvalue weighted by molar-refractivity contribution is 7.99. The van der Waals surface area contributed by atoms with E-state index in [0.717, 1.165) is 22.6 Å². The number of carbonyl (C=O) groups excluding carboxylic acids is 1. The van der Waals surface area contributed by atoms with E-state index in [9.17, 15) is 14.7 Å². The highest BCUT2D eigenvalue weighted by atomic mass is 32.2. The predicted octanol–water partition coefficient (Wildman–Crippen LogP) is 1.67. The fourth-order valence-corrected chi connectivity index (χ4v) is 3.78. The quantitative estimate of drug-likeness (QED) is 0.857. The Morgan fingerprint density at radius 2 is 1.81 bits per heavy atom. The number of hydrogen-bond acceptors (Lipinski definition) is 3. The van der Waals surface area contributed by atoms with Crippen molar-refractivity contribution in [2.24, 2.45) is 0 Å². The van der Waals surface area contributed by atoms with Crippen molar-refractivity contribution in [2.45, 2.75) is 19.0 Å². The van der Waals surface area contributed by atoms with Crippen molar-refractivity contribution < 1.29 is 14.7 Å². The second-order valence-electron chi connectivity index (χ2n) is 5.34. The summed E-state index contributed by atoms with van der Waals surface area (Å²) in [5.41, 5.74) is 2.08. The van der Waals surface area contributed by atoms with E-state index in [4.69, 9.17) is 0 Å². The normalized spacial score (nSPS) is 21.8. The fourth-order valence-electron chi connectivity index (χ4n) is 2.88. The fraction of sp³-hybridized carbons (Fsp3) is 0.467. The molecule has 2 aliphatic rings. The predicted molar refractivity (Wildman–Crippen MR) is 81.4 cm³/mol. The van der Waals surface area contributed by atoms with E-state index in [0.29, 0.717) is 26.1 Å². The Labute approximate surface area is 127 Å². The third-order valence-electron chi connectivity index (χ3n) is 4.06. The molecule has 1 N–H and O–H groups in total. The lowest BCUT2D eigenvalue weighted by Gasteiger charge is -2.38. The monoisotopic (exact) mass is 306 g/mol. The van der Waals surface area contributed by atoms with Crippen LogP contribution in [0.15, 0.2) is 24.3 Å².